The molecule has 3 nitrogen and oxygen atoms in total. The van der Waals surface area contributed by atoms with Crippen molar-refractivity contribution in [3.63, 3.8) is 0 Å². The Kier molecular flexibility index (Phi) is 3.62. The average Bonchev–Trinajstić information content (AvgIpc) is 1.94. The number of nitrogens with two attached hydrogens (primary N) is 1. The summed E-state index contributed by atoms with van der Waals surface area (Å²) < 4.78 is 0. The molecular formula is C7H12Cl2N2O. The van der Waals surface area contributed by atoms with Crippen LogP contribution in [0.15, 0.2) is 0 Å². The molecule has 0 bridgehead atoms. The maximum atomic E-state index is 11.2. The Balaban J connectivity index is 2.13. The van der Waals surface area contributed by atoms with Crippen LogP contribution in [0.4, 0.5) is 0 Å². The monoisotopic (exact) mass is 210 g/mol. The second-order valence-corrected chi connectivity index (χ2v) is 4.34. The molecule has 1 fully saturated rings. The number of carbonyl (C=O) groups is 1. The molecule has 12 heavy (non-hydrogen) atoms. The fourth-order valence-corrected chi connectivity index (χ4v) is 1.35. The first kappa shape index (κ1) is 10.1. The van der Waals surface area contributed by atoms with E-state index in [1.165, 1.54) is 0 Å². The van der Waals surface area contributed by atoms with Crippen molar-refractivity contribution >= 4 is 29.1 Å². The van der Waals surface area contributed by atoms with Gasteiger partial charge in [-0.15, -0.1) is 23.2 Å². The summed E-state index contributed by atoms with van der Waals surface area (Å²) in [6.45, 7) is 0.313. The van der Waals surface area contributed by atoms with Crippen molar-refractivity contribution in [2.45, 2.75) is 23.7 Å². The van der Waals surface area contributed by atoms with Crippen LogP contribution in [0.5, 0.6) is 0 Å². The van der Waals surface area contributed by atoms with Gasteiger partial charge in [0, 0.05) is 18.5 Å². The third-order valence-electron chi connectivity index (χ3n) is 1.98. The van der Waals surface area contributed by atoms with Crippen LogP contribution in [-0.4, -0.2) is 23.3 Å². The standard InChI is InChI=1S/C7H12Cl2N2O/c8-6(9)3-11-7(12)4-1-5(10)2-4/h4-6H,1-3,10H2,(H,11,12). The lowest BCUT2D eigenvalue weighted by molar-refractivity contribution is -0.127. The molecule has 1 aliphatic carbocycles. The minimum atomic E-state index is -0.525. The minimum Gasteiger partial charge on any atom is -0.353 e. The third-order valence-corrected chi connectivity index (χ3v) is 2.28. The van der Waals surface area contributed by atoms with Gasteiger partial charge in [0.15, 0.2) is 0 Å². The number of halogens is 2. The van der Waals surface area contributed by atoms with Crippen molar-refractivity contribution in [1.29, 1.82) is 0 Å². The van der Waals surface area contributed by atoms with Crippen molar-refractivity contribution < 1.29 is 4.79 Å². The molecule has 1 saturated carbocycles. The molecule has 1 aliphatic rings. The number of nitrogens with one attached hydrogen (secondary N) is 1. The molecule has 0 unspecified atom stereocenters. The summed E-state index contributed by atoms with van der Waals surface area (Å²) in [5.74, 6) is 0.0927. The minimum absolute atomic E-state index is 0.0167. The number of hydrogen-bond donors (Lipinski definition) is 2. The largest absolute Gasteiger partial charge is 0.353 e. The van der Waals surface area contributed by atoms with Gasteiger partial charge >= 0.3 is 0 Å². The first-order valence-corrected chi connectivity index (χ1v) is 4.78. The van der Waals surface area contributed by atoms with Gasteiger partial charge in [0.2, 0.25) is 5.91 Å². The second-order valence-electron chi connectivity index (χ2n) is 3.06. The van der Waals surface area contributed by atoms with Crippen molar-refractivity contribution in [2.75, 3.05) is 6.54 Å². The summed E-state index contributed by atoms with van der Waals surface area (Å²) in [5, 5.41) is 2.65. The molecule has 0 spiro atoms. The number of carbonyl (C=O) groups excluding carboxylic acids is 1. The highest BCUT2D eigenvalue weighted by Gasteiger charge is 2.31. The van der Waals surface area contributed by atoms with Gasteiger partial charge in [0.1, 0.15) is 4.84 Å². The van der Waals surface area contributed by atoms with Gasteiger partial charge in [0.25, 0.3) is 0 Å². The lowest BCUT2D eigenvalue weighted by Crippen LogP contribution is -2.45. The highest BCUT2D eigenvalue weighted by Crippen LogP contribution is 2.25. The highest BCUT2D eigenvalue weighted by molar-refractivity contribution is 6.44. The van der Waals surface area contributed by atoms with E-state index in [0.717, 1.165) is 12.8 Å². The number of hydrogen-bond acceptors (Lipinski definition) is 2. The molecule has 3 N–H and O–H groups in total. The Hall–Kier alpha value is 0.01000. The van der Waals surface area contributed by atoms with E-state index in [-0.39, 0.29) is 17.9 Å². The van der Waals surface area contributed by atoms with Crippen LogP contribution >= 0.6 is 23.2 Å². The summed E-state index contributed by atoms with van der Waals surface area (Å²) in [6, 6.07) is 0.198. The SMILES string of the molecule is NC1CC(C(=O)NCC(Cl)Cl)C1. The van der Waals surface area contributed by atoms with Gasteiger partial charge in [-0.2, -0.15) is 0 Å². The normalized spacial score (nSPS) is 28.3. The zero-order valence-electron chi connectivity index (χ0n) is 6.59. The summed E-state index contributed by atoms with van der Waals surface area (Å²) in [6.07, 6.45) is 1.56. The van der Waals surface area contributed by atoms with Crippen LogP contribution in [0, 0.1) is 5.92 Å². The van der Waals surface area contributed by atoms with E-state index < -0.39 is 4.84 Å². The molecule has 0 aliphatic heterocycles. The zero-order chi connectivity index (χ0) is 9.14. The first-order chi connectivity index (χ1) is 5.59. The fourth-order valence-electron chi connectivity index (χ4n) is 1.20. The summed E-state index contributed by atoms with van der Waals surface area (Å²) in [7, 11) is 0. The molecule has 5 heteroatoms. The van der Waals surface area contributed by atoms with Gasteiger partial charge in [0.05, 0.1) is 0 Å². The molecular weight excluding hydrogens is 199 g/mol. The molecule has 0 atom stereocenters. The molecule has 0 aromatic rings. The van der Waals surface area contributed by atoms with Gasteiger partial charge < -0.3 is 11.1 Å². The number of amides is 1. The van der Waals surface area contributed by atoms with Crippen LogP contribution in [0.25, 0.3) is 0 Å². The molecule has 0 heterocycles. The van der Waals surface area contributed by atoms with E-state index in [4.69, 9.17) is 28.9 Å². The third kappa shape index (κ3) is 2.81. The molecule has 0 saturated heterocycles. The van der Waals surface area contributed by atoms with E-state index in [0.29, 0.717) is 6.54 Å². The summed E-state index contributed by atoms with van der Waals surface area (Å²) in [5.41, 5.74) is 5.53. The van der Waals surface area contributed by atoms with Crippen molar-refractivity contribution in [3.05, 3.63) is 0 Å². The van der Waals surface area contributed by atoms with E-state index in [2.05, 4.69) is 5.32 Å². The average molecular weight is 211 g/mol. The Morgan fingerprint density at radius 3 is 2.58 bits per heavy atom. The van der Waals surface area contributed by atoms with E-state index in [9.17, 15) is 4.79 Å². The highest BCUT2D eigenvalue weighted by atomic mass is 35.5. The summed E-state index contributed by atoms with van der Waals surface area (Å²) >= 11 is 10.9. The van der Waals surface area contributed by atoms with Crippen molar-refractivity contribution in [2.24, 2.45) is 11.7 Å². The summed E-state index contributed by atoms with van der Waals surface area (Å²) in [4.78, 5) is 10.7. The van der Waals surface area contributed by atoms with Gasteiger partial charge in [-0.3, -0.25) is 4.79 Å². The topological polar surface area (TPSA) is 55.1 Å². The predicted octanol–water partition coefficient (Wildman–Crippen LogP) is 0.644. The van der Waals surface area contributed by atoms with Crippen molar-refractivity contribution in [3.8, 4) is 0 Å². The van der Waals surface area contributed by atoms with Gasteiger partial charge in [-0.25, -0.2) is 0 Å². The smallest absolute Gasteiger partial charge is 0.223 e. The van der Waals surface area contributed by atoms with Crippen LogP contribution in [0.1, 0.15) is 12.8 Å². The van der Waals surface area contributed by atoms with E-state index in [1.54, 1.807) is 0 Å². The molecule has 1 rings (SSSR count). The Morgan fingerprint density at radius 2 is 2.17 bits per heavy atom. The molecule has 0 aromatic carbocycles. The number of alkyl halides is 2. The quantitative estimate of drug-likeness (QED) is 0.673. The van der Waals surface area contributed by atoms with E-state index in [1.807, 2.05) is 0 Å². The van der Waals surface area contributed by atoms with Crippen LogP contribution < -0.4 is 11.1 Å². The van der Waals surface area contributed by atoms with Gasteiger partial charge in [-0.1, -0.05) is 0 Å². The Morgan fingerprint density at radius 1 is 1.58 bits per heavy atom. The lowest BCUT2D eigenvalue weighted by Gasteiger charge is -2.31. The zero-order valence-corrected chi connectivity index (χ0v) is 8.11. The fraction of sp³-hybridized carbons (Fsp3) is 0.857. The maximum Gasteiger partial charge on any atom is 0.223 e. The number of rotatable bonds is 3. The van der Waals surface area contributed by atoms with Gasteiger partial charge in [-0.05, 0) is 12.8 Å². The first-order valence-electron chi connectivity index (χ1n) is 3.91. The molecule has 1 amide bonds. The van der Waals surface area contributed by atoms with Crippen LogP contribution in [-0.2, 0) is 4.79 Å². The van der Waals surface area contributed by atoms with E-state index >= 15 is 0 Å². The van der Waals surface area contributed by atoms with Crippen LogP contribution in [0.2, 0.25) is 0 Å². The Bertz CT molecular complexity index is 169. The van der Waals surface area contributed by atoms with Crippen molar-refractivity contribution in [1.82, 2.24) is 5.32 Å². The molecule has 70 valence electrons. The second kappa shape index (κ2) is 4.30. The molecule has 0 radical (unpaired) electrons. The maximum absolute atomic E-state index is 11.2. The Labute approximate surface area is 81.6 Å². The molecule has 0 aromatic heterocycles. The lowest BCUT2D eigenvalue weighted by atomic mass is 9.80. The van der Waals surface area contributed by atoms with Crippen LogP contribution in [0.3, 0.4) is 0 Å². The predicted molar refractivity (Wildman–Crippen MR) is 49.2 cm³/mol.